The Balaban J connectivity index is 1.49. The molecule has 3 heterocycles. The zero-order valence-electron chi connectivity index (χ0n) is 19.8. The van der Waals surface area contributed by atoms with Crippen molar-refractivity contribution in [1.82, 2.24) is 9.88 Å². The first kappa shape index (κ1) is 22.3. The molecule has 6 nitrogen and oxygen atoms in total. The van der Waals surface area contributed by atoms with E-state index < -0.39 is 5.79 Å². The summed E-state index contributed by atoms with van der Waals surface area (Å²) in [7, 11) is 0. The minimum absolute atomic E-state index is 0.118. The normalized spacial score (nSPS) is 22.6. The Bertz CT molecular complexity index is 1200. The standard InChI is InChI=1S/C26H31ClN2O4/c1-14-12-15(2)28-24(30)19(14)13-29-11-10-18-20(25(29)31)16(3)22-23(21(18)27)33-26(4,32-22)17-8-6-5-7-9-17/h12,17H,5-11,13H2,1-4H3,(H,28,30). The maximum absolute atomic E-state index is 13.6. The van der Waals surface area contributed by atoms with Crippen LogP contribution in [0, 0.1) is 26.7 Å². The van der Waals surface area contributed by atoms with Crippen molar-refractivity contribution in [2.24, 2.45) is 5.92 Å². The van der Waals surface area contributed by atoms with Crippen molar-refractivity contribution in [3.63, 3.8) is 0 Å². The fourth-order valence-corrected chi connectivity index (χ4v) is 6.05. The van der Waals surface area contributed by atoms with Gasteiger partial charge in [-0.1, -0.05) is 30.9 Å². The number of benzene rings is 1. The summed E-state index contributed by atoms with van der Waals surface area (Å²) in [5.74, 6) is 0.595. The number of amides is 1. The van der Waals surface area contributed by atoms with Gasteiger partial charge in [0.1, 0.15) is 0 Å². The van der Waals surface area contributed by atoms with Crippen LogP contribution in [0.5, 0.6) is 11.5 Å². The number of rotatable bonds is 3. The molecule has 0 spiro atoms. The van der Waals surface area contributed by atoms with Gasteiger partial charge in [0.2, 0.25) is 0 Å². The van der Waals surface area contributed by atoms with E-state index in [1.165, 1.54) is 19.3 Å². The SMILES string of the molecule is Cc1cc(C)c(CN2CCc3c(Cl)c4c(c(C)c3C2=O)OC(C)(C2CCCCC2)O4)c(=O)[nH]1. The highest BCUT2D eigenvalue weighted by Gasteiger charge is 2.47. The van der Waals surface area contributed by atoms with Gasteiger partial charge in [-0.25, -0.2) is 0 Å². The molecule has 7 heteroatoms. The molecule has 1 aliphatic carbocycles. The van der Waals surface area contributed by atoms with Gasteiger partial charge < -0.3 is 19.4 Å². The molecule has 176 valence electrons. The predicted molar refractivity (Wildman–Crippen MR) is 127 cm³/mol. The van der Waals surface area contributed by atoms with Crippen molar-refractivity contribution in [1.29, 1.82) is 0 Å². The summed E-state index contributed by atoms with van der Waals surface area (Å²) in [6.45, 7) is 8.44. The summed E-state index contributed by atoms with van der Waals surface area (Å²) < 4.78 is 12.8. The van der Waals surface area contributed by atoms with Gasteiger partial charge in [-0.2, -0.15) is 0 Å². The Kier molecular flexibility index (Phi) is 5.47. The molecule has 33 heavy (non-hydrogen) atoms. The maximum atomic E-state index is 13.6. The molecule has 0 bridgehead atoms. The minimum Gasteiger partial charge on any atom is -0.448 e. The third kappa shape index (κ3) is 3.63. The molecule has 0 radical (unpaired) electrons. The van der Waals surface area contributed by atoms with Crippen molar-refractivity contribution < 1.29 is 14.3 Å². The zero-order valence-corrected chi connectivity index (χ0v) is 20.5. The van der Waals surface area contributed by atoms with Crippen molar-refractivity contribution >= 4 is 17.5 Å². The van der Waals surface area contributed by atoms with E-state index in [-0.39, 0.29) is 18.0 Å². The van der Waals surface area contributed by atoms with E-state index in [2.05, 4.69) is 4.98 Å². The number of nitrogens with zero attached hydrogens (tertiary/aromatic N) is 1. The topological polar surface area (TPSA) is 71.6 Å². The first-order chi connectivity index (χ1) is 15.7. The van der Waals surface area contributed by atoms with Crippen LogP contribution in [-0.2, 0) is 13.0 Å². The van der Waals surface area contributed by atoms with Gasteiger partial charge in [0.15, 0.2) is 11.5 Å². The van der Waals surface area contributed by atoms with Crippen molar-refractivity contribution in [2.45, 2.75) is 78.6 Å². The van der Waals surface area contributed by atoms with Gasteiger partial charge in [-0.05, 0) is 57.2 Å². The second-order valence-electron chi connectivity index (χ2n) is 9.93. The van der Waals surface area contributed by atoms with Gasteiger partial charge in [-0.15, -0.1) is 0 Å². The lowest BCUT2D eigenvalue weighted by Crippen LogP contribution is -2.44. The molecular formula is C26H31ClN2O4. The summed E-state index contributed by atoms with van der Waals surface area (Å²) in [5, 5.41) is 0.488. The second-order valence-corrected chi connectivity index (χ2v) is 10.3. The summed E-state index contributed by atoms with van der Waals surface area (Å²) in [5.41, 5.74) is 4.35. The second kappa shape index (κ2) is 8.08. The molecule has 5 rings (SSSR count). The van der Waals surface area contributed by atoms with E-state index in [1.807, 2.05) is 33.8 Å². The number of aromatic amines is 1. The highest BCUT2D eigenvalue weighted by Crippen LogP contribution is 2.53. The van der Waals surface area contributed by atoms with Gasteiger partial charge >= 0.3 is 0 Å². The average Bonchev–Trinajstić information content (AvgIpc) is 3.15. The quantitative estimate of drug-likeness (QED) is 0.667. The predicted octanol–water partition coefficient (Wildman–Crippen LogP) is 5.22. The van der Waals surface area contributed by atoms with E-state index >= 15 is 0 Å². The number of aromatic nitrogens is 1. The number of ether oxygens (including phenoxy) is 2. The highest BCUT2D eigenvalue weighted by atomic mass is 35.5. The molecule has 1 aromatic heterocycles. The number of hydrogen-bond donors (Lipinski definition) is 1. The summed E-state index contributed by atoms with van der Waals surface area (Å²) in [6.07, 6.45) is 6.35. The Morgan fingerprint density at radius 1 is 1.12 bits per heavy atom. The maximum Gasteiger partial charge on any atom is 0.254 e. The third-order valence-electron chi connectivity index (χ3n) is 7.62. The van der Waals surface area contributed by atoms with E-state index in [0.29, 0.717) is 46.5 Å². The van der Waals surface area contributed by atoms with Crippen LogP contribution in [0.3, 0.4) is 0 Å². The lowest BCUT2D eigenvalue weighted by molar-refractivity contribution is -0.119. The molecule has 1 fully saturated rings. The summed E-state index contributed by atoms with van der Waals surface area (Å²) in [6, 6.07) is 1.94. The number of fused-ring (bicyclic) bond motifs is 2. The smallest absolute Gasteiger partial charge is 0.254 e. The van der Waals surface area contributed by atoms with Crippen LogP contribution in [-0.4, -0.2) is 28.1 Å². The fraction of sp³-hybridized carbons (Fsp3) is 0.538. The largest absolute Gasteiger partial charge is 0.448 e. The first-order valence-corrected chi connectivity index (χ1v) is 12.3. The van der Waals surface area contributed by atoms with Crippen LogP contribution in [0.25, 0.3) is 0 Å². The molecule has 1 atom stereocenters. The number of H-pyrrole nitrogens is 1. The van der Waals surface area contributed by atoms with Crippen LogP contribution in [0.1, 0.15) is 77.3 Å². The van der Waals surface area contributed by atoms with Crippen LogP contribution in [0.15, 0.2) is 10.9 Å². The Labute approximate surface area is 199 Å². The van der Waals surface area contributed by atoms with Gasteiger partial charge in [0.25, 0.3) is 17.3 Å². The van der Waals surface area contributed by atoms with Crippen LogP contribution in [0.4, 0.5) is 0 Å². The lowest BCUT2D eigenvalue weighted by Gasteiger charge is -2.34. The number of hydrogen-bond acceptors (Lipinski definition) is 4. The zero-order chi connectivity index (χ0) is 23.5. The van der Waals surface area contributed by atoms with Crippen molar-refractivity contribution in [2.75, 3.05) is 6.54 Å². The van der Waals surface area contributed by atoms with E-state index in [4.69, 9.17) is 21.1 Å². The summed E-state index contributed by atoms with van der Waals surface area (Å²) in [4.78, 5) is 30.7. The molecule has 1 aromatic carbocycles. The Morgan fingerprint density at radius 3 is 2.52 bits per heavy atom. The lowest BCUT2D eigenvalue weighted by atomic mass is 9.84. The fourth-order valence-electron chi connectivity index (χ4n) is 5.74. The Morgan fingerprint density at radius 2 is 1.82 bits per heavy atom. The van der Waals surface area contributed by atoms with E-state index in [0.717, 1.165) is 35.2 Å². The monoisotopic (exact) mass is 470 g/mol. The molecule has 1 N–H and O–H groups in total. The number of carbonyl (C=O) groups is 1. The molecule has 1 saturated carbocycles. The first-order valence-electron chi connectivity index (χ1n) is 11.9. The molecule has 2 aromatic rings. The number of halogens is 1. The molecule has 2 aliphatic heterocycles. The molecule has 0 saturated heterocycles. The van der Waals surface area contributed by atoms with Crippen LogP contribution < -0.4 is 15.0 Å². The van der Waals surface area contributed by atoms with Gasteiger partial charge in [0.05, 0.1) is 17.1 Å². The third-order valence-corrected chi connectivity index (χ3v) is 8.02. The van der Waals surface area contributed by atoms with Gasteiger partial charge in [0, 0.05) is 36.2 Å². The average molecular weight is 471 g/mol. The minimum atomic E-state index is -0.754. The molecule has 1 amide bonds. The number of pyridine rings is 1. The van der Waals surface area contributed by atoms with Crippen molar-refractivity contribution in [3.05, 3.63) is 55.0 Å². The van der Waals surface area contributed by atoms with Crippen molar-refractivity contribution in [3.8, 4) is 11.5 Å². The number of aryl methyl sites for hydroxylation is 2. The molecule has 3 aliphatic rings. The van der Waals surface area contributed by atoms with E-state index in [9.17, 15) is 9.59 Å². The highest BCUT2D eigenvalue weighted by molar-refractivity contribution is 6.34. The van der Waals surface area contributed by atoms with E-state index in [1.54, 1.807) is 4.90 Å². The molecular weight excluding hydrogens is 440 g/mol. The number of nitrogens with one attached hydrogen (secondary N) is 1. The molecule has 1 unspecified atom stereocenters. The Hall–Kier alpha value is -2.47. The number of carbonyl (C=O) groups excluding carboxylic acids is 1. The van der Waals surface area contributed by atoms with Crippen LogP contribution in [0.2, 0.25) is 5.02 Å². The summed E-state index contributed by atoms with van der Waals surface area (Å²) >= 11 is 6.82. The van der Waals surface area contributed by atoms with Crippen LogP contribution >= 0.6 is 11.6 Å². The van der Waals surface area contributed by atoms with Gasteiger partial charge in [-0.3, -0.25) is 9.59 Å².